The predicted octanol–water partition coefficient (Wildman–Crippen LogP) is 3.49. The third-order valence-electron chi connectivity index (χ3n) is 5.66. The van der Waals surface area contributed by atoms with Crippen LogP contribution in [-0.2, 0) is 21.2 Å². The molecule has 0 spiro atoms. The molecule has 0 N–H and O–H groups in total. The molecule has 0 saturated carbocycles. The van der Waals surface area contributed by atoms with Crippen LogP contribution in [0.15, 0.2) is 59.5 Å². The van der Waals surface area contributed by atoms with Crippen molar-refractivity contribution in [2.24, 2.45) is 5.92 Å². The van der Waals surface area contributed by atoms with Gasteiger partial charge in [-0.2, -0.15) is 4.31 Å². The van der Waals surface area contributed by atoms with E-state index in [9.17, 15) is 13.2 Å². The van der Waals surface area contributed by atoms with E-state index >= 15 is 0 Å². The van der Waals surface area contributed by atoms with E-state index in [0.717, 1.165) is 24.8 Å². The molecule has 2 aromatic rings. The molecule has 1 aliphatic rings. The van der Waals surface area contributed by atoms with Gasteiger partial charge in [0.15, 0.2) is 0 Å². The zero-order valence-corrected chi connectivity index (χ0v) is 18.1. The van der Waals surface area contributed by atoms with Gasteiger partial charge in [-0.15, -0.1) is 0 Å². The lowest BCUT2D eigenvalue weighted by Crippen LogP contribution is -2.45. The van der Waals surface area contributed by atoms with E-state index in [-0.39, 0.29) is 23.9 Å². The molecule has 1 aliphatic heterocycles. The Balaban J connectivity index is 1.57. The number of hydrogen-bond acceptors (Lipinski definition) is 3. The van der Waals surface area contributed by atoms with Gasteiger partial charge in [-0.3, -0.25) is 4.79 Å². The zero-order chi connectivity index (χ0) is 20.9. The molecule has 156 valence electrons. The molecule has 0 atom stereocenters. The molecular formula is C23H30N2O3S. The van der Waals surface area contributed by atoms with Gasteiger partial charge in [0.2, 0.25) is 15.9 Å². The number of benzene rings is 2. The van der Waals surface area contributed by atoms with Gasteiger partial charge in [0.1, 0.15) is 0 Å². The highest BCUT2D eigenvalue weighted by Crippen LogP contribution is 2.22. The van der Waals surface area contributed by atoms with Crippen molar-refractivity contribution in [2.75, 3.05) is 26.2 Å². The third kappa shape index (κ3) is 5.46. The first kappa shape index (κ1) is 21.5. The number of likely N-dealkylation sites (tertiary alicyclic amines) is 1. The standard InChI is InChI=1S/C23H30N2O3S/c1-3-25(29(27,28)22-11-9-19(2)10-12-22)18-23(26)24-15-13-21(14-16-24)17-20-7-5-4-6-8-20/h4-12,21H,3,13-18H2,1-2H3. The van der Waals surface area contributed by atoms with Gasteiger partial charge >= 0.3 is 0 Å². The van der Waals surface area contributed by atoms with E-state index in [0.29, 0.717) is 19.0 Å². The van der Waals surface area contributed by atoms with Gasteiger partial charge in [0, 0.05) is 19.6 Å². The molecule has 1 amide bonds. The second-order valence-corrected chi connectivity index (χ2v) is 9.70. The Kier molecular flexibility index (Phi) is 7.09. The van der Waals surface area contributed by atoms with Crippen molar-refractivity contribution in [2.45, 2.75) is 38.0 Å². The summed E-state index contributed by atoms with van der Waals surface area (Å²) in [6.45, 7) is 5.24. The second-order valence-electron chi connectivity index (χ2n) is 7.76. The molecule has 0 aromatic heterocycles. The van der Waals surface area contributed by atoms with Crippen LogP contribution in [0.5, 0.6) is 0 Å². The Hall–Kier alpha value is -2.18. The van der Waals surface area contributed by atoms with Crippen LogP contribution in [0.2, 0.25) is 0 Å². The summed E-state index contributed by atoms with van der Waals surface area (Å²) in [6.07, 6.45) is 2.95. The number of rotatable bonds is 7. The number of carbonyl (C=O) groups is 1. The van der Waals surface area contributed by atoms with E-state index in [1.54, 1.807) is 31.2 Å². The van der Waals surface area contributed by atoms with Gasteiger partial charge in [-0.05, 0) is 49.8 Å². The maximum Gasteiger partial charge on any atom is 0.243 e. The number of aryl methyl sites for hydroxylation is 1. The zero-order valence-electron chi connectivity index (χ0n) is 17.3. The molecule has 0 unspecified atom stereocenters. The summed E-state index contributed by atoms with van der Waals surface area (Å²) in [6, 6.07) is 17.2. The van der Waals surface area contributed by atoms with Crippen molar-refractivity contribution >= 4 is 15.9 Å². The molecule has 29 heavy (non-hydrogen) atoms. The van der Waals surface area contributed by atoms with Gasteiger partial charge < -0.3 is 4.90 Å². The number of carbonyl (C=O) groups excluding carboxylic acids is 1. The first-order valence-corrected chi connectivity index (χ1v) is 11.7. The molecule has 0 bridgehead atoms. The van der Waals surface area contributed by atoms with Crippen LogP contribution in [0, 0.1) is 12.8 Å². The largest absolute Gasteiger partial charge is 0.342 e. The predicted molar refractivity (Wildman–Crippen MR) is 115 cm³/mol. The Bertz CT molecular complexity index is 903. The van der Waals surface area contributed by atoms with Crippen LogP contribution in [0.25, 0.3) is 0 Å². The first-order valence-electron chi connectivity index (χ1n) is 10.3. The summed E-state index contributed by atoms with van der Waals surface area (Å²) >= 11 is 0. The fourth-order valence-electron chi connectivity index (χ4n) is 3.81. The Morgan fingerprint density at radius 3 is 2.24 bits per heavy atom. The summed E-state index contributed by atoms with van der Waals surface area (Å²) in [7, 11) is -3.67. The molecule has 1 fully saturated rings. The van der Waals surface area contributed by atoms with E-state index < -0.39 is 10.0 Å². The van der Waals surface area contributed by atoms with Crippen LogP contribution in [-0.4, -0.2) is 49.7 Å². The molecule has 3 rings (SSSR count). The summed E-state index contributed by atoms with van der Waals surface area (Å²) in [5.41, 5.74) is 2.33. The van der Waals surface area contributed by atoms with Crippen molar-refractivity contribution < 1.29 is 13.2 Å². The van der Waals surface area contributed by atoms with E-state index in [1.807, 2.05) is 17.9 Å². The Morgan fingerprint density at radius 1 is 1.03 bits per heavy atom. The fourth-order valence-corrected chi connectivity index (χ4v) is 5.21. The van der Waals surface area contributed by atoms with Gasteiger partial charge in [0.25, 0.3) is 0 Å². The van der Waals surface area contributed by atoms with E-state index in [2.05, 4.69) is 24.3 Å². The van der Waals surface area contributed by atoms with Gasteiger partial charge in [-0.1, -0.05) is 55.0 Å². The van der Waals surface area contributed by atoms with E-state index in [4.69, 9.17) is 0 Å². The number of piperidine rings is 1. The lowest BCUT2D eigenvalue weighted by Gasteiger charge is -2.33. The highest BCUT2D eigenvalue weighted by atomic mass is 32.2. The highest BCUT2D eigenvalue weighted by Gasteiger charge is 2.29. The minimum Gasteiger partial charge on any atom is -0.342 e. The quantitative estimate of drug-likeness (QED) is 0.697. The van der Waals surface area contributed by atoms with Crippen LogP contribution in [0.3, 0.4) is 0 Å². The van der Waals surface area contributed by atoms with Crippen molar-refractivity contribution in [3.63, 3.8) is 0 Å². The number of amides is 1. The minimum atomic E-state index is -3.67. The number of hydrogen-bond donors (Lipinski definition) is 0. The number of sulfonamides is 1. The molecule has 1 heterocycles. The molecule has 0 radical (unpaired) electrons. The maximum absolute atomic E-state index is 12.9. The maximum atomic E-state index is 12.9. The van der Waals surface area contributed by atoms with Crippen molar-refractivity contribution in [3.8, 4) is 0 Å². The summed E-state index contributed by atoms with van der Waals surface area (Å²) in [4.78, 5) is 14.8. The SMILES string of the molecule is CCN(CC(=O)N1CCC(Cc2ccccc2)CC1)S(=O)(=O)c1ccc(C)cc1. The average molecular weight is 415 g/mol. The van der Waals surface area contributed by atoms with Crippen LogP contribution < -0.4 is 0 Å². The van der Waals surface area contributed by atoms with Gasteiger partial charge in [-0.25, -0.2) is 8.42 Å². The smallest absolute Gasteiger partial charge is 0.243 e. The normalized spacial score (nSPS) is 15.6. The molecule has 2 aromatic carbocycles. The van der Waals surface area contributed by atoms with Crippen molar-refractivity contribution in [1.29, 1.82) is 0 Å². The Labute approximate surface area is 174 Å². The topological polar surface area (TPSA) is 57.7 Å². The summed E-state index contributed by atoms with van der Waals surface area (Å²) in [5, 5.41) is 0. The lowest BCUT2D eigenvalue weighted by molar-refractivity contribution is -0.132. The molecule has 0 aliphatic carbocycles. The van der Waals surface area contributed by atoms with Crippen LogP contribution in [0.4, 0.5) is 0 Å². The second kappa shape index (κ2) is 9.55. The Morgan fingerprint density at radius 2 is 1.66 bits per heavy atom. The van der Waals surface area contributed by atoms with E-state index in [1.165, 1.54) is 9.87 Å². The minimum absolute atomic E-state index is 0.101. The van der Waals surface area contributed by atoms with Crippen LogP contribution in [0.1, 0.15) is 30.9 Å². The summed E-state index contributed by atoms with van der Waals surface area (Å²) < 4.78 is 27.1. The lowest BCUT2D eigenvalue weighted by atomic mass is 9.90. The number of likely N-dealkylation sites (N-methyl/N-ethyl adjacent to an activating group) is 1. The van der Waals surface area contributed by atoms with Crippen molar-refractivity contribution in [3.05, 3.63) is 65.7 Å². The van der Waals surface area contributed by atoms with Gasteiger partial charge in [0.05, 0.1) is 11.4 Å². The molecule has 6 heteroatoms. The highest BCUT2D eigenvalue weighted by molar-refractivity contribution is 7.89. The third-order valence-corrected chi connectivity index (χ3v) is 7.59. The fraction of sp³-hybridized carbons (Fsp3) is 0.435. The number of nitrogens with zero attached hydrogens (tertiary/aromatic N) is 2. The van der Waals surface area contributed by atoms with Crippen LogP contribution >= 0.6 is 0 Å². The first-order chi connectivity index (χ1) is 13.9. The summed E-state index contributed by atoms with van der Waals surface area (Å²) in [5.74, 6) is 0.459. The molecule has 5 nitrogen and oxygen atoms in total. The molecule has 1 saturated heterocycles. The average Bonchev–Trinajstić information content (AvgIpc) is 2.73. The molecular weight excluding hydrogens is 384 g/mol. The monoisotopic (exact) mass is 414 g/mol. The van der Waals surface area contributed by atoms with Crippen molar-refractivity contribution in [1.82, 2.24) is 9.21 Å².